The summed E-state index contributed by atoms with van der Waals surface area (Å²) in [5.41, 5.74) is 0. The minimum Gasteiger partial charge on any atom is -0.392 e. The molecule has 0 saturated heterocycles. The van der Waals surface area contributed by atoms with Crippen LogP contribution in [0.25, 0.3) is 0 Å². The number of halogens is 4. The van der Waals surface area contributed by atoms with E-state index in [-0.39, 0.29) is 24.1 Å². The van der Waals surface area contributed by atoms with E-state index in [1.165, 1.54) is 0 Å². The number of aliphatic hydroxyl groups is 1. The molecule has 0 aromatic carbocycles. The van der Waals surface area contributed by atoms with Crippen molar-refractivity contribution >= 4 is 0 Å². The molecule has 0 spiro atoms. The van der Waals surface area contributed by atoms with Crippen LogP contribution in [0.1, 0.15) is 25.6 Å². The van der Waals surface area contributed by atoms with Crippen LogP contribution in [0.2, 0.25) is 0 Å². The van der Waals surface area contributed by atoms with Crippen LogP contribution in [0.5, 0.6) is 0 Å². The molecule has 0 radical (unpaired) electrons. The molecule has 20 heavy (non-hydrogen) atoms. The Morgan fingerprint density at radius 3 is 2.55 bits per heavy atom. The second kappa shape index (κ2) is 6.98. The Labute approximate surface area is 112 Å². The number of rotatable bonds is 8. The number of aromatic nitrogens is 2. The van der Waals surface area contributed by atoms with Gasteiger partial charge >= 0.3 is 12.3 Å². The van der Waals surface area contributed by atoms with Crippen LogP contribution in [0.3, 0.4) is 0 Å². The van der Waals surface area contributed by atoms with E-state index in [2.05, 4.69) is 14.9 Å². The van der Waals surface area contributed by atoms with Gasteiger partial charge in [0.15, 0.2) is 5.82 Å². The molecule has 9 heteroatoms. The standard InChI is InChI=1S/C11H16F4N2O3/c1-6(2)7(18)3-9-16-8(17-20-9)4-19-5-11(14,15)10(12)13/h6-7,10,18H,3-5H2,1-2H3. The zero-order valence-corrected chi connectivity index (χ0v) is 11.0. The molecule has 5 nitrogen and oxygen atoms in total. The van der Waals surface area contributed by atoms with Crippen LogP contribution in [0, 0.1) is 5.92 Å². The molecular formula is C11H16F4N2O3. The molecule has 1 aromatic rings. The number of aliphatic hydroxyl groups excluding tert-OH is 1. The van der Waals surface area contributed by atoms with Gasteiger partial charge in [0, 0.05) is 0 Å². The second-order valence-electron chi connectivity index (χ2n) is 4.67. The third-order valence-electron chi connectivity index (χ3n) is 2.51. The van der Waals surface area contributed by atoms with E-state index >= 15 is 0 Å². The fraction of sp³-hybridized carbons (Fsp3) is 0.818. The Morgan fingerprint density at radius 2 is 2.00 bits per heavy atom. The molecule has 1 unspecified atom stereocenters. The summed E-state index contributed by atoms with van der Waals surface area (Å²) in [7, 11) is 0. The van der Waals surface area contributed by atoms with Gasteiger partial charge in [0.25, 0.3) is 0 Å². The van der Waals surface area contributed by atoms with Gasteiger partial charge < -0.3 is 14.4 Å². The smallest absolute Gasteiger partial charge is 0.330 e. The first-order valence-corrected chi connectivity index (χ1v) is 5.95. The quantitative estimate of drug-likeness (QED) is 0.744. The van der Waals surface area contributed by atoms with Gasteiger partial charge in [0.1, 0.15) is 13.2 Å². The van der Waals surface area contributed by atoms with E-state index in [1.54, 1.807) is 13.8 Å². The van der Waals surface area contributed by atoms with E-state index in [4.69, 9.17) is 4.52 Å². The van der Waals surface area contributed by atoms with Crippen molar-refractivity contribution in [2.24, 2.45) is 5.92 Å². The molecule has 116 valence electrons. The predicted octanol–water partition coefficient (Wildman–Crippen LogP) is 2.05. The Balaban J connectivity index is 2.41. The molecule has 0 aliphatic heterocycles. The SMILES string of the molecule is CC(C)C(O)Cc1nc(COCC(F)(F)C(F)F)no1. The minimum atomic E-state index is -4.21. The molecule has 1 rings (SSSR count). The highest BCUT2D eigenvalue weighted by Crippen LogP contribution is 2.23. The number of hydrogen-bond acceptors (Lipinski definition) is 5. The van der Waals surface area contributed by atoms with Gasteiger partial charge in [-0.2, -0.15) is 13.8 Å². The Kier molecular flexibility index (Phi) is 5.88. The van der Waals surface area contributed by atoms with Crippen LogP contribution in [-0.4, -0.2) is 40.3 Å². The van der Waals surface area contributed by atoms with Crippen LogP contribution in [-0.2, 0) is 17.8 Å². The van der Waals surface area contributed by atoms with Crippen molar-refractivity contribution in [2.45, 2.75) is 45.3 Å². The van der Waals surface area contributed by atoms with E-state index in [0.29, 0.717) is 0 Å². The molecule has 0 aliphatic carbocycles. The highest BCUT2D eigenvalue weighted by molar-refractivity contribution is 4.87. The van der Waals surface area contributed by atoms with Crippen LogP contribution >= 0.6 is 0 Å². The van der Waals surface area contributed by atoms with Crippen molar-refractivity contribution in [2.75, 3.05) is 6.61 Å². The van der Waals surface area contributed by atoms with E-state index < -0.39 is 31.7 Å². The van der Waals surface area contributed by atoms with Crippen LogP contribution in [0.15, 0.2) is 4.52 Å². The molecule has 0 saturated carbocycles. The van der Waals surface area contributed by atoms with Gasteiger partial charge in [-0.1, -0.05) is 19.0 Å². The molecule has 1 aromatic heterocycles. The lowest BCUT2D eigenvalue weighted by atomic mass is 10.0. The van der Waals surface area contributed by atoms with Gasteiger partial charge in [-0.05, 0) is 5.92 Å². The maximum absolute atomic E-state index is 12.5. The van der Waals surface area contributed by atoms with Gasteiger partial charge in [-0.3, -0.25) is 0 Å². The van der Waals surface area contributed by atoms with Crippen molar-refractivity contribution in [3.63, 3.8) is 0 Å². The fourth-order valence-corrected chi connectivity index (χ4v) is 1.19. The predicted molar refractivity (Wildman–Crippen MR) is 59.5 cm³/mol. The number of nitrogens with zero attached hydrogens (tertiary/aromatic N) is 2. The molecule has 1 heterocycles. The third-order valence-corrected chi connectivity index (χ3v) is 2.51. The summed E-state index contributed by atoms with van der Waals surface area (Å²) in [4.78, 5) is 3.80. The average Bonchev–Trinajstić information content (AvgIpc) is 2.76. The fourth-order valence-electron chi connectivity index (χ4n) is 1.19. The first-order chi connectivity index (χ1) is 9.22. The Bertz CT molecular complexity index is 412. The summed E-state index contributed by atoms with van der Waals surface area (Å²) in [5, 5.41) is 13.0. The largest absolute Gasteiger partial charge is 0.392 e. The van der Waals surface area contributed by atoms with Gasteiger partial charge in [0.05, 0.1) is 12.5 Å². The van der Waals surface area contributed by atoms with Gasteiger partial charge in [-0.25, -0.2) is 8.78 Å². The van der Waals surface area contributed by atoms with Crippen molar-refractivity contribution < 1.29 is 31.9 Å². The lowest BCUT2D eigenvalue weighted by Crippen LogP contribution is -2.32. The Morgan fingerprint density at radius 1 is 1.35 bits per heavy atom. The van der Waals surface area contributed by atoms with E-state index in [9.17, 15) is 22.7 Å². The second-order valence-corrected chi connectivity index (χ2v) is 4.67. The lowest BCUT2D eigenvalue weighted by molar-refractivity contribution is -0.168. The van der Waals surface area contributed by atoms with Crippen molar-refractivity contribution in [3.05, 3.63) is 11.7 Å². The summed E-state index contributed by atoms with van der Waals surface area (Å²) in [6.45, 7) is 1.71. The lowest BCUT2D eigenvalue weighted by Gasteiger charge is -2.14. The molecule has 0 aliphatic rings. The van der Waals surface area contributed by atoms with E-state index in [0.717, 1.165) is 0 Å². The summed E-state index contributed by atoms with van der Waals surface area (Å²) < 4.78 is 58.0. The van der Waals surface area contributed by atoms with Crippen molar-refractivity contribution in [1.29, 1.82) is 0 Å². The molecule has 0 fully saturated rings. The van der Waals surface area contributed by atoms with Crippen molar-refractivity contribution in [1.82, 2.24) is 10.1 Å². The minimum absolute atomic E-state index is 0.00802. The third kappa shape index (κ3) is 5.04. The van der Waals surface area contributed by atoms with Gasteiger partial charge in [0.2, 0.25) is 5.89 Å². The van der Waals surface area contributed by atoms with Gasteiger partial charge in [-0.15, -0.1) is 0 Å². The molecule has 1 atom stereocenters. The number of hydrogen-bond donors (Lipinski definition) is 1. The van der Waals surface area contributed by atoms with E-state index in [1.807, 2.05) is 0 Å². The normalized spacial score (nSPS) is 14.2. The summed E-state index contributed by atoms with van der Waals surface area (Å²) in [5.74, 6) is -4.13. The molecule has 1 N–H and O–H groups in total. The maximum Gasteiger partial charge on any atom is 0.330 e. The molecular weight excluding hydrogens is 284 g/mol. The maximum atomic E-state index is 12.5. The first-order valence-electron chi connectivity index (χ1n) is 5.95. The number of ether oxygens (including phenoxy) is 1. The zero-order chi connectivity index (χ0) is 15.3. The topological polar surface area (TPSA) is 68.4 Å². The Hall–Kier alpha value is -1.22. The number of alkyl halides is 4. The molecule has 0 amide bonds. The monoisotopic (exact) mass is 300 g/mol. The average molecular weight is 300 g/mol. The highest BCUT2D eigenvalue weighted by atomic mass is 19.3. The van der Waals surface area contributed by atoms with Crippen molar-refractivity contribution in [3.8, 4) is 0 Å². The van der Waals surface area contributed by atoms with Crippen LogP contribution in [0.4, 0.5) is 17.6 Å². The zero-order valence-electron chi connectivity index (χ0n) is 11.0. The van der Waals surface area contributed by atoms with Crippen LogP contribution < -0.4 is 0 Å². The first kappa shape index (κ1) is 16.8. The summed E-state index contributed by atoms with van der Waals surface area (Å²) in [6, 6.07) is 0. The highest BCUT2D eigenvalue weighted by Gasteiger charge is 2.41. The molecule has 0 bridgehead atoms. The summed E-state index contributed by atoms with van der Waals surface area (Å²) >= 11 is 0. The summed E-state index contributed by atoms with van der Waals surface area (Å²) in [6.07, 6.45) is -4.34.